The molecule has 2 N–H and O–H groups in total. The maximum absolute atomic E-state index is 12.5. The summed E-state index contributed by atoms with van der Waals surface area (Å²) in [5.74, 6) is -0.00536. The summed E-state index contributed by atoms with van der Waals surface area (Å²) in [4.78, 5) is 15.9. The number of hydrogen-bond acceptors (Lipinski definition) is 5. The highest BCUT2D eigenvalue weighted by molar-refractivity contribution is 7.14. The predicted molar refractivity (Wildman–Crippen MR) is 82.4 cm³/mol. The summed E-state index contributed by atoms with van der Waals surface area (Å²) in [5.41, 5.74) is 6.49. The molecule has 0 fully saturated rings. The van der Waals surface area contributed by atoms with Crippen molar-refractivity contribution in [3.8, 4) is 0 Å². The van der Waals surface area contributed by atoms with Gasteiger partial charge in [-0.25, -0.2) is 0 Å². The lowest BCUT2D eigenvalue weighted by molar-refractivity contribution is 0.0554. The van der Waals surface area contributed by atoms with Crippen molar-refractivity contribution in [2.24, 2.45) is 0 Å². The van der Waals surface area contributed by atoms with Crippen LogP contribution >= 0.6 is 11.3 Å². The number of ether oxygens (including phenoxy) is 2. The molecule has 0 aliphatic rings. The molecule has 0 aliphatic carbocycles. The Morgan fingerprint density at radius 3 is 2.20 bits per heavy atom. The van der Waals surface area contributed by atoms with Gasteiger partial charge in [0.2, 0.25) is 0 Å². The van der Waals surface area contributed by atoms with Crippen LogP contribution in [0.4, 0.5) is 5.69 Å². The van der Waals surface area contributed by atoms with E-state index in [-0.39, 0.29) is 5.91 Å². The number of hydrogen-bond donors (Lipinski definition) is 1. The first-order valence-electron chi connectivity index (χ1n) is 6.90. The van der Waals surface area contributed by atoms with Crippen LogP contribution < -0.4 is 5.73 Å². The lowest BCUT2D eigenvalue weighted by Gasteiger charge is -2.21. The van der Waals surface area contributed by atoms with Crippen LogP contribution in [0.15, 0.2) is 6.07 Å². The third-order valence-corrected chi connectivity index (χ3v) is 3.93. The van der Waals surface area contributed by atoms with Gasteiger partial charge in [-0.05, 0) is 26.8 Å². The number of thiophene rings is 1. The van der Waals surface area contributed by atoms with Crippen molar-refractivity contribution in [3.05, 3.63) is 15.8 Å². The molecular formula is C14H24N2O3S. The minimum Gasteiger partial charge on any atom is -0.398 e. The number of anilines is 1. The van der Waals surface area contributed by atoms with Gasteiger partial charge < -0.3 is 20.1 Å². The smallest absolute Gasteiger partial charge is 0.264 e. The van der Waals surface area contributed by atoms with Crippen molar-refractivity contribution in [1.29, 1.82) is 0 Å². The van der Waals surface area contributed by atoms with E-state index in [2.05, 4.69) is 0 Å². The van der Waals surface area contributed by atoms with Crippen molar-refractivity contribution < 1.29 is 14.3 Å². The van der Waals surface area contributed by atoms with E-state index in [9.17, 15) is 4.79 Å². The Labute approximate surface area is 124 Å². The molecule has 20 heavy (non-hydrogen) atoms. The fourth-order valence-electron chi connectivity index (χ4n) is 1.71. The van der Waals surface area contributed by atoms with Crippen LogP contribution in [0.1, 0.15) is 28.4 Å². The van der Waals surface area contributed by atoms with Crippen LogP contribution in [0, 0.1) is 6.92 Å². The zero-order chi connectivity index (χ0) is 15.0. The van der Waals surface area contributed by atoms with Crippen LogP contribution in [0.25, 0.3) is 0 Å². The maximum Gasteiger partial charge on any atom is 0.264 e. The Balaban J connectivity index is 2.66. The van der Waals surface area contributed by atoms with Gasteiger partial charge in [0.25, 0.3) is 5.91 Å². The number of nitrogen functional groups attached to an aromatic ring is 1. The first-order chi connectivity index (χ1) is 9.60. The van der Waals surface area contributed by atoms with Crippen molar-refractivity contribution >= 4 is 22.9 Å². The van der Waals surface area contributed by atoms with E-state index in [4.69, 9.17) is 15.2 Å². The summed E-state index contributed by atoms with van der Waals surface area (Å²) in [6.07, 6.45) is 0. The van der Waals surface area contributed by atoms with Crippen molar-refractivity contribution in [3.63, 3.8) is 0 Å². The molecule has 0 aromatic carbocycles. The molecule has 1 amide bonds. The number of aryl methyl sites for hydroxylation is 1. The van der Waals surface area contributed by atoms with E-state index >= 15 is 0 Å². The molecule has 0 atom stereocenters. The molecule has 0 bridgehead atoms. The Kier molecular flexibility index (Phi) is 7.58. The molecule has 1 heterocycles. The first kappa shape index (κ1) is 16.9. The molecule has 1 rings (SSSR count). The van der Waals surface area contributed by atoms with Gasteiger partial charge in [0, 0.05) is 36.9 Å². The Hall–Kier alpha value is -1.11. The normalized spacial score (nSPS) is 10.8. The lowest BCUT2D eigenvalue weighted by atomic mass is 10.3. The molecule has 0 radical (unpaired) electrons. The van der Waals surface area contributed by atoms with Crippen molar-refractivity contribution in [2.45, 2.75) is 20.8 Å². The Morgan fingerprint density at radius 2 is 1.80 bits per heavy atom. The molecule has 1 aromatic rings. The minimum absolute atomic E-state index is 0.00536. The number of nitrogens with two attached hydrogens (primary N) is 1. The third kappa shape index (κ3) is 5.11. The summed E-state index contributed by atoms with van der Waals surface area (Å²) in [6.45, 7) is 9.31. The number of nitrogens with zero attached hydrogens (tertiary/aromatic N) is 1. The molecule has 0 saturated carbocycles. The molecule has 0 aliphatic heterocycles. The van der Waals surface area contributed by atoms with Gasteiger partial charge in [-0.1, -0.05) is 0 Å². The quantitative estimate of drug-likeness (QED) is 0.710. The number of rotatable bonds is 9. The van der Waals surface area contributed by atoms with Crippen LogP contribution in [-0.2, 0) is 9.47 Å². The van der Waals surface area contributed by atoms with Crippen molar-refractivity contribution in [1.82, 2.24) is 4.90 Å². The largest absolute Gasteiger partial charge is 0.398 e. The van der Waals surface area contributed by atoms with Crippen LogP contribution in [0.3, 0.4) is 0 Å². The second-order valence-electron chi connectivity index (χ2n) is 4.31. The van der Waals surface area contributed by atoms with Gasteiger partial charge >= 0.3 is 0 Å². The minimum atomic E-state index is -0.00536. The predicted octanol–water partition coefficient (Wildman–Crippen LogP) is 2.15. The van der Waals surface area contributed by atoms with E-state index in [1.165, 1.54) is 11.3 Å². The van der Waals surface area contributed by atoms with Gasteiger partial charge in [0.1, 0.15) is 0 Å². The van der Waals surface area contributed by atoms with E-state index < -0.39 is 0 Å². The topological polar surface area (TPSA) is 64.8 Å². The molecule has 5 nitrogen and oxygen atoms in total. The van der Waals surface area contributed by atoms with E-state index in [0.29, 0.717) is 50.1 Å². The zero-order valence-corrected chi connectivity index (χ0v) is 13.3. The van der Waals surface area contributed by atoms with Gasteiger partial charge in [-0.15, -0.1) is 11.3 Å². The third-order valence-electron chi connectivity index (χ3n) is 2.87. The summed E-state index contributed by atoms with van der Waals surface area (Å²) in [6, 6.07) is 1.75. The number of amides is 1. The Morgan fingerprint density at radius 1 is 1.25 bits per heavy atom. The fraction of sp³-hybridized carbons (Fsp3) is 0.643. The molecule has 0 saturated heterocycles. The highest BCUT2D eigenvalue weighted by Crippen LogP contribution is 2.24. The number of carbonyl (C=O) groups excluding carboxylic acids is 1. The highest BCUT2D eigenvalue weighted by atomic mass is 32.1. The molecule has 0 unspecified atom stereocenters. The second kappa shape index (κ2) is 8.94. The molecular weight excluding hydrogens is 276 g/mol. The Bertz CT molecular complexity index is 391. The standard InChI is InChI=1S/C14H24N2O3S/c1-4-18-8-6-16(7-9-19-5-2)14(17)13-10-12(15)11(3)20-13/h10H,4-9,15H2,1-3H3. The SMILES string of the molecule is CCOCCN(CCOCC)C(=O)c1cc(N)c(C)s1. The van der Waals surface area contributed by atoms with Crippen LogP contribution in [0.2, 0.25) is 0 Å². The molecule has 114 valence electrons. The van der Waals surface area contributed by atoms with E-state index in [0.717, 1.165) is 4.88 Å². The maximum atomic E-state index is 12.5. The summed E-state index contributed by atoms with van der Waals surface area (Å²) in [5, 5.41) is 0. The van der Waals surface area contributed by atoms with Gasteiger partial charge in [0.05, 0.1) is 18.1 Å². The first-order valence-corrected chi connectivity index (χ1v) is 7.72. The zero-order valence-electron chi connectivity index (χ0n) is 12.5. The highest BCUT2D eigenvalue weighted by Gasteiger charge is 2.18. The van der Waals surface area contributed by atoms with Gasteiger partial charge in [0.15, 0.2) is 0 Å². The second-order valence-corrected chi connectivity index (χ2v) is 5.56. The summed E-state index contributed by atoms with van der Waals surface area (Å²) in [7, 11) is 0. The van der Waals surface area contributed by atoms with E-state index in [1.54, 1.807) is 11.0 Å². The molecule has 6 heteroatoms. The average Bonchev–Trinajstić information content (AvgIpc) is 2.76. The fourth-order valence-corrected chi connectivity index (χ4v) is 2.62. The monoisotopic (exact) mass is 300 g/mol. The summed E-state index contributed by atoms with van der Waals surface area (Å²) >= 11 is 1.43. The van der Waals surface area contributed by atoms with Crippen LogP contribution in [0.5, 0.6) is 0 Å². The molecule has 1 aromatic heterocycles. The van der Waals surface area contributed by atoms with Gasteiger partial charge in [-0.2, -0.15) is 0 Å². The van der Waals surface area contributed by atoms with Crippen molar-refractivity contribution in [2.75, 3.05) is 45.3 Å². The lowest BCUT2D eigenvalue weighted by Crippen LogP contribution is -2.36. The van der Waals surface area contributed by atoms with E-state index in [1.807, 2.05) is 20.8 Å². The van der Waals surface area contributed by atoms with Gasteiger partial charge in [-0.3, -0.25) is 4.79 Å². The molecule has 0 spiro atoms. The summed E-state index contributed by atoms with van der Waals surface area (Å²) < 4.78 is 10.7. The average molecular weight is 300 g/mol. The number of carbonyl (C=O) groups is 1. The van der Waals surface area contributed by atoms with Crippen LogP contribution in [-0.4, -0.2) is 50.3 Å².